The number of nitrogens with zero attached hydrogens (tertiary/aromatic N) is 2. The van der Waals surface area contributed by atoms with Crippen molar-refractivity contribution >= 4 is 16.9 Å². The number of carbonyl (C=O) groups is 1. The molecule has 1 fully saturated rings. The molecular weight excluding hydrogens is 382 g/mol. The predicted molar refractivity (Wildman–Crippen MR) is 114 cm³/mol. The van der Waals surface area contributed by atoms with Crippen molar-refractivity contribution in [3.05, 3.63) is 47.8 Å². The second kappa shape index (κ2) is 8.65. The number of para-hydroxylation sites is 2. The summed E-state index contributed by atoms with van der Waals surface area (Å²) in [5, 5.41) is 0. The number of hydrogen-bond acceptors (Lipinski definition) is 5. The predicted octanol–water partition coefficient (Wildman–Crippen LogP) is 3.89. The summed E-state index contributed by atoms with van der Waals surface area (Å²) < 4.78 is 16.2. The molecule has 2 heterocycles. The van der Waals surface area contributed by atoms with Gasteiger partial charge in [0, 0.05) is 6.54 Å². The highest BCUT2D eigenvalue weighted by molar-refractivity contribution is 5.80. The highest BCUT2D eigenvalue weighted by Gasteiger charge is 2.30. The minimum atomic E-state index is -0.0410. The summed E-state index contributed by atoms with van der Waals surface area (Å²) in [5.74, 6) is 2.54. The maximum atomic E-state index is 13.3. The third-order valence-electron chi connectivity index (χ3n) is 5.63. The Balaban J connectivity index is 1.59. The lowest BCUT2D eigenvalue weighted by Crippen LogP contribution is -2.39. The minimum absolute atomic E-state index is 0.0410. The molecule has 0 saturated carbocycles. The maximum absolute atomic E-state index is 13.3. The van der Waals surface area contributed by atoms with E-state index in [0.29, 0.717) is 17.2 Å². The van der Waals surface area contributed by atoms with Crippen molar-refractivity contribution in [1.82, 2.24) is 14.9 Å². The van der Waals surface area contributed by atoms with Crippen molar-refractivity contribution in [2.24, 2.45) is 0 Å². The number of amides is 1. The average molecular weight is 409 g/mol. The highest BCUT2D eigenvalue weighted by Crippen LogP contribution is 2.39. The van der Waals surface area contributed by atoms with E-state index in [1.165, 1.54) is 0 Å². The molecule has 1 N–H and O–H groups in total. The fourth-order valence-corrected chi connectivity index (χ4v) is 4.16. The van der Waals surface area contributed by atoms with E-state index in [4.69, 9.17) is 19.2 Å². The first-order chi connectivity index (χ1) is 14.6. The van der Waals surface area contributed by atoms with Crippen molar-refractivity contribution < 1.29 is 19.0 Å². The number of likely N-dealkylation sites (tertiary alicyclic amines) is 1. The number of rotatable bonds is 6. The van der Waals surface area contributed by atoms with Crippen LogP contribution < -0.4 is 14.2 Å². The van der Waals surface area contributed by atoms with Crippen LogP contribution in [-0.4, -0.2) is 48.6 Å². The van der Waals surface area contributed by atoms with Crippen LogP contribution in [0.5, 0.6) is 17.2 Å². The van der Waals surface area contributed by atoms with Crippen LogP contribution in [0.2, 0.25) is 0 Å². The van der Waals surface area contributed by atoms with Crippen LogP contribution >= 0.6 is 0 Å². The highest BCUT2D eigenvalue weighted by atomic mass is 16.5. The smallest absolute Gasteiger partial charge is 0.227 e. The van der Waals surface area contributed by atoms with Gasteiger partial charge in [-0.15, -0.1) is 0 Å². The van der Waals surface area contributed by atoms with Gasteiger partial charge in [0.15, 0.2) is 11.5 Å². The molecule has 7 heteroatoms. The van der Waals surface area contributed by atoms with E-state index in [-0.39, 0.29) is 18.4 Å². The van der Waals surface area contributed by atoms with Gasteiger partial charge in [0.1, 0.15) is 5.82 Å². The van der Waals surface area contributed by atoms with Crippen LogP contribution in [0, 0.1) is 0 Å². The number of aromatic nitrogens is 2. The Labute approximate surface area is 176 Å². The molecule has 1 aliphatic rings. The summed E-state index contributed by atoms with van der Waals surface area (Å²) in [6.07, 6.45) is 3.24. The van der Waals surface area contributed by atoms with Gasteiger partial charge in [-0.3, -0.25) is 4.79 Å². The fraction of sp³-hybridized carbons (Fsp3) is 0.391. The van der Waals surface area contributed by atoms with E-state index in [1.54, 1.807) is 21.3 Å². The number of H-pyrrole nitrogens is 1. The third-order valence-corrected chi connectivity index (χ3v) is 5.63. The third kappa shape index (κ3) is 3.79. The van der Waals surface area contributed by atoms with E-state index in [1.807, 2.05) is 41.3 Å². The Morgan fingerprint density at radius 3 is 2.50 bits per heavy atom. The summed E-state index contributed by atoms with van der Waals surface area (Å²) in [6.45, 7) is 0.727. The summed E-state index contributed by atoms with van der Waals surface area (Å²) in [6, 6.07) is 11.6. The molecule has 0 aliphatic carbocycles. The molecular formula is C23H27N3O4. The Bertz CT molecular complexity index is 988. The number of fused-ring (bicyclic) bond motifs is 1. The van der Waals surface area contributed by atoms with Gasteiger partial charge in [-0.05, 0) is 49.1 Å². The van der Waals surface area contributed by atoms with Crippen molar-refractivity contribution in [2.45, 2.75) is 31.7 Å². The number of methoxy groups -OCH3 is 3. The van der Waals surface area contributed by atoms with Crippen LogP contribution in [0.1, 0.15) is 36.7 Å². The maximum Gasteiger partial charge on any atom is 0.227 e. The molecule has 158 valence electrons. The molecule has 4 rings (SSSR count). The SMILES string of the molecule is COc1cc(CC(=O)N2CCCC[C@H]2c2nc3ccccc3[nH]2)cc(OC)c1OC. The van der Waals surface area contributed by atoms with Gasteiger partial charge in [0.05, 0.1) is 44.8 Å². The van der Waals surface area contributed by atoms with Crippen LogP contribution in [0.3, 0.4) is 0 Å². The first kappa shape index (κ1) is 20.1. The quantitative estimate of drug-likeness (QED) is 0.669. The summed E-state index contributed by atoms with van der Waals surface area (Å²) in [4.78, 5) is 23.4. The van der Waals surface area contributed by atoms with E-state index >= 15 is 0 Å². The standard InChI is InChI=1S/C23H27N3O4/c1-28-19-12-15(13-20(29-2)22(19)30-3)14-21(27)26-11-7-6-10-18(26)23-24-16-8-4-5-9-17(16)25-23/h4-5,8-9,12-13,18H,6-7,10-11,14H2,1-3H3,(H,24,25)/t18-/m0/s1. The van der Waals surface area contributed by atoms with Crippen LogP contribution in [0.4, 0.5) is 0 Å². The van der Waals surface area contributed by atoms with Gasteiger partial charge in [-0.2, -0.15) is 0 Å². The topological polar surface area (TPSA) is 76.7 Å². The second-order valence-electron chi connectivity index (χ2n) is 7.45. The van der Waals surface area contributed by atoms with Crippen LogP contribution in [-0.2, 0) is 11.2 Å². The van der Waals surface area contributed by atoms with Gasteiger partial charge in [0.25, 0.3) is 0 Å². The Hall–Kier alpha value is -3.22. The molecule has 1 saturated heterocycles. The molecule has 30 heavy (non-hydrogen) atoms. The molecule has 1 aromatic heterocycles. The molecule has 0 unspecified atom stereocenters. The molecule has 3 aromatic rings. The normalized spacial score (nSPS) is 16.5. The first-order valence-corrected chi connectivity index (χ1v) is 10.2. The molecule has 1 atom stereocenters. The molecule has 0 spiro atoms. The lowest BCUT2D eigenvalue weighted by molar-refractivity contribution is -0.134. The summed E-state index contributed by atoms with van der Waals surface area (Å²) >= 11 is 0. The number of piperidine rings is 1. The van der Waals surface area contributed by atoms with Crippen LogP contribution in [0.15, 0.2) is 36.4 Å². The minimum Gasteiger partial charge on any atom is -0.493 e. The van der Waals surface area contributed by atoms with Crippen molar-refractivity contribution in [3.8, 4) is 17.2 Å². The summed E-state index contributed by atoms with van der Waals surface area (Å²) in [5.41, 5.74) is 2.74. The second-order valence-corrected chi connectivity index (χ2v) is 7.45. The number of carbonyl (C=O) groups excluding carboxylic acids is 1. The number of hydrogen-bond donors (Lipinski definition) is 1. The number of imidazole rings is 1. The number of ether oxygens (including phenoxy) is 3. The summed E-state index contributed by atoms with van der Waals surface area (Å²) in [7, 11) is 4.72. The molecule has 0 radical (unpaired) electrons. The van der Waals surface area contributed by atoms with Gasteiger partial charge in [0.2, 0.25) is 11.7 Å². The fourth-order valence-electron chi connectivity index (χ4n) is 4.16. The largest absolute Gasteiger partial charge is 0.493 e. The van der Waals surface area contributed by atoms with Crippen molar-refractivity contribution in [3.63, 3.8) is 0 Å². The van der Waals surface area contributed by atoms with Crippen molar-refractivity contribution in [2.75, 3.05) is 27.9 Å². The van der Waals surface area contributed by atoms with Gasteiger partial charge in [-0.25, -0.2) is 4.98 Å². The van der Waals surface area contributed by atoms with E-state index in [0.717, 1.165) is 48.2 Å². The zero-order valence-electron chi connectivity index (χ0n) is 17.6. The van der Waals surface area contributed by atoms with E-state index < -0.39 is 0 Å². The van der Waals surface area contributed by atoms with Gasteiger partial charge in [-0.1, -0.05) is 12.1 Å². The molecule has 2 aromatic carbocycles. The number of nitrogens with one attached hydrogen (secondary N) is 1. The molecule has 1 aliphatic heterocycles. The Kier molecular flexibility index (Phi) is 5.79. The first-order valence-electron chi connectivity index (χ1n) is 10.2. The van der Waals surface area contributed by atoms with Gasteiger partial charge >= 0.3 is 0 Å². The Morgan fingerprint density at radius 1 is 1.10 bits per heavy atom. The lowest BCUT2D eigenvalue weighted by atomic mass is 10.00. The van der Waals surface area contributed by atoms with Crippen molar-refractivity contribution in [1.29, 1.82) is 0 Å². The average Bonchev–Trinajstić information content (AvgIpc) is 3.22. The zero-order chi connectivity index (χ0) is 21.1. The molecule has 0 bridgehead atoms. The Morgan fingerprint density at radius 2 is 1.83 bits per heavy atom. The monoisotopic (exact) mass is 409 g/mol. The van der Waals surface area contributed by atoms with E-state index in [9.17, 15) is 4.79 Å². The van der Waals surface area contributed by atoms with Gasteiger partial charge < -0.3 is 24.1 Å². The molecule has 1 amide bonds. The van der Waals surface area contributed by atoms with E-state index in [2.05, 4.69) is 4.98 Å². The zero-order valence-corrected chi connectivity index (χ0v) is 17.6. The molecule has 7 nitrogen and oxygen atoms in total. The lowest BCUT2D eigenvalue weighted by Gasteiger charge is -2.34. The number of aromatic amines is 1. The van der Waals surface area contributed by atoms with Crippen LogP contribution in [0.25, 0.3) is 11.0 Å². The number of benzene rings is 2.